The number of carbonyl (C=O) groups is 1. The van der Waals surface area contributed by atoms with E-state index in [0.29, 0.717) is 18.2 Å². The zero-order chi connectivity index (χ0) is 17.4. The van der Waals surface area contributed by atoms with E-state index >= 15 is 0 Å². The molecule has 2 rings (SSSR count). The maximum atomic E-state index is 12.1. The van der Waals surface area contributed by atoms with Crippen LogP contribution in [-0.4, -0.2) is 25.2 Å². The van der Waals surface area contributed by atoms with Crippen LogP contribution in [0.2, 0.25) is 5.02 Å². The topological polar surface area (TPSA) is 47.6 Å². The molecular weight excluding hydrogens is 326 g/mol. The lowest BCUT2D eigenvalue weighted by Crippen LogP contribution is -2.38. The molecule has 1 amide bonds. The highest BCUT2D eigenvalue weighted by atomic mass is 35.5. The van der Waals surface area contributed by atoms with Crippen molar-refractivity contribution in [2.24, 2.45) is 0 Å². The Kier molecular flexibility index (Phi) is 6.94. The zero-order valence-corrected chi connectivity index (χ0v) is 14.7. The second kappa shape index (κ2) is 9.18. The normalized spacial score (nSPS) is 11.6. The van der Waals surface area contributed by atoms with Gasteiger partial charge in [-0.3, -0.25) is 4.79 Å². The Bertz CT molecular complexity index is 658. The minimum atomic E-state index is -0.562. The van der Waals surface area contributed by atoms with Crippen molar-refractivity contribution in [3.63, 3.8) is 0 Å². The summed E-state index contributed by atoms with van der Waals surface area (Å²) >= 11 is 5.81. The van der Waals surface area contributed by atoms with Gasteiger partial charge in [-0.2, -0.15) is 0 Å². The van der Waals surface area contributed by atoms with E-state index in [1.807, 2.05) is 24.3 Å². The number of hydrogen-bond acceptors (Lipinski definition) is 3. The van der Waals surface area contributed by atoms with Crippen molar-refractivity contribution in [1.29, 1.82) is 0 Å². The molecule has 0 aliphatic carbocycles. The third-order valence-corrected chi connectivity index (χ3v) is 3.76. The van der Waals surface area contributed by atoms with Crippen LogP contribution in [-0.2, 0) is 11.2 Å². The summed E-state index contributed by atoms with van der Waals surface area (Å²) in [4.78, 5) is 12.1. The Labute approximate surface area is 147 Å². The first-order valence-electron chi connectivity index (χ1n) is 8.00. The summed E-state index contributed by atoms with van der Waals surface area (Å²) in [7, 11) is 0. The Hall–Kier alpha value is -2.20. The van der Waals surface area contributed by atoms with Gasteiger partial charge in [0, 0.05) is 5.02 Å². The van der Waals surface area contributed by atoms with Crippen molar-refractivity contribution < 1.29 is 14.3 Å². The molecule has 2 aromatic rings. The number of hydrogen-bond donors (Lipinski definition) is 1. The van der Waals surface area contributed by atoms with Crippen molar-refractivity contribution in [1.82, 2.24) is 5.32 Å². The molecule has 1 N–H and O–H groups in total. The van der Waals surface area contributed by atoms with Crippen LogP contribution < -0.4 is 14.8 Å². The first-order valence-corrected chi connectivity index (χ1v) is 8.38. The van der Waals surface area contributed by atoms with E-state index in [4.69, 9.17) is 21.1 Å². The first kappa shape index (κ1) is 18.1. The minimum Gasteiger partial charge on any atom is -0.492 e. The molecule has 5 heteroatoms. The summed E-state index contributed by atoms with van der Waals surface area (Å²) in [6.45, 7) is 4.58. The van der Waals surface area contributed by atoms with Crippen LogP contribution in [0, 0.1) is 0 Å². The highest BCUT2D eigenvalue weighted by molar-refractivity contribution is 6.30. The number of benzene rings is 2. The van der Waals surface area contributed by atoms with Crippen molar-refractivity contribution in [3.8, 4) is 11.5 Å². The molecule has 1 unspecified atom stereocenters. The van der Waals surface area contributed by atoms with Gasteiger partial charge in [-0.1, -0.05) is 36.7 Å². The predicted molar refractivity (Wildman–Crippen MR) is 95.9 cm³/mol. The van der Waals surface area contributed by atoms with Crippen molar-refractivity contribution >= 4 is 17.5 Å². The van der Waals surface area contributed by atoms with Gasteiger partial charge in [0.2, 0.25) is 0 Å². The summed E-state index contributed by atoms with van der Waals surface area (Å²) in [5.41, 5.74) is 1.09. The van der Waals surface area contributed by atoms with Gasteiger partial charge in [0.25, 0.3) is 5.91 Å². The molecule has 0 aromatic heterocycles. The van der Waals surface area contributed by atoms with Gasteiger partial charge in [0.05, 0.1) is 6.54 Å². The number of nitrogens with one attached hydrogen (secondary N) is 1. The summed E-state index contributed by atoms with van der Waals surface area (Å²) < 4.78 is 11.3. The number of halogens is 1. The average Bonchev–Trinajstić information content (AvgIpc) is 2.60. The van der Waals surface area contributed by atoms with E-state index in [2.05, 4.69) is 12.2 Å². The number of aryl methyl sites for hydroxylation is 1. The SMILES string of the molecule is CCc1ccccc1OC(C)C(=O)NCCOc1ccc(Cl)cc1. The maximum absolute atomic E-state index is 12.1. The quantitative estimate of drug-likeness (QED) is 0.737. The van der Waals surface area contributed by atoms with Crippen LogP contribution in [0.5, 0.6) is 11.5 Å². The van der Waals surface area contributed by atoms with Crippen LogP contribution >= 0.6 is 11.6 Å². The van der Waals surface area contributed by atoms with Crippen molar-refractivity contribution in [3.05, 3.63) is 59.1 Å². The van der Waals surface area contributed by atoms with Gasteiger partial charge < -0.3 is 14.8 Å². The van der Waals surface area contributed by atoms with Gasteiger partial charge >= 0.3 is 0 Å². The Morgan fingerprint density at radius 1 is 1.17 bits per heavy atom. The number of carbonyl (C=O) groups excluding carboxylic acids is 1. The second-order valence-electron chi connectivity index (χ2n) is 5.31. The molecule has 4 nitrogen and oxygen atoms in total. The van der Waals surface area contributed by atoms with Crippen molar-refractivity contribution in [2.45, 2.75) is 26.4 Å². The number of ether oxygens (including phenoxy) is 2. The van der Waals surface area contributed by atoms with Crippen molar-refractivity contribution in [2.75, 3.05) is 13.2 Å². The molecule has 0 fully saturated rings. The maximum Gasteiger partial charge on any atom is 0.260 e. The zero-order valence-electron chi connectivity index (χ0n) is 13.9. The molecule has 0 spiro atoms. The molecule has 0 saturated carbocycles. The van der Waals surface area contributed by atoms with Gasteiger partial charge in [-0.05, 0) is 49.2 Å². The third-order valence-electron chi connectivity index (χ3n) is 3.51. The van der Waals surface area contributed by atoms with E-state index in [-0.39, 0.29) is 5.91 Å². The van der Waals surface area contributed by atoms with Crippen LogP contribution in [0.4, 0.5) is 0 Å². The lowest BCUT2D eigenvalue weighted by Gasteiger charge is -2.17. The Morgan fingerprint density at radius 3 is 2.58 bits per heavy atom. The van der Waals surface area contributed by atoms with Crippen LogP contribution in [0.25, 0.3) is 0 Å². The molecule has 2 aromatic carbocycles. The summed E-state index contributed by atoms with van der Waals surface area (Å²) in [6, 6.07) is 14.8. The highest BCUT2D eigenvalue weighted by Crippen LogP contribution is 2.19. The smallest absolute Gasteiger partial charge is 0.260 e. The lowest BCUT2D eigenvalue weighted by atomic mass is 10.1. The number of para-hydroxylation sites is 1. The molecule has 24 heavy (non-hydrogen) atoms. The molecule has 128 valence electrons. The van der Waals surface area contributed by atoms with Gasteiger partial charge in [-0.15, -0.1) is 0 Å². The number of rotatable bonds is 8. The Morgan fingerprint density at radius 2 is 1.88 bits per heavy atom. The van der Waals surface area contributed by atoms with E-state index < -0.39 is 6.10 Å². The number of amides is 1. The molecule has 0 aliphatic heterocycles. The summed E-state index contributed by atoms with van der Waals surface area (Å²) in [5.74, 6) is 1.30. The van der Waals surface area contributed by atoms with Gasteiger partial charge in [0.15, 0.2) is 6.10 Å². The molecule has 0 saturated heterocycles. The fraction of sp³-hybridized carbons (Fsp3) is 0.316. The summed E-state index contributed by atoms with van der Waals surface area (Å²) in [5, 5.41) is 3.47. The molecule has 0 aliphatic rings. The predicted octanol–water partition coefficient (Wildman–Crippen LogP) is 3.86. The molecule has 0 bridgehead atoms. The molecule has 0 radical (unpaired) electrons. The van der Waals surface area contributed by atoms with Crippen LogP contribution in [0.1, 0.15) is 19.4 Å². The summed E-state index contributed by atoms with van der Waals surface area (Å²) in [6.07, 6.45) is 0.299. The fourth-order valence-electron chi connectivity index (χ4n) is 2.17. The monoisotopic (exact) mass is 347 g/mol. The second-order valence-corrected chi connectivity index (χ2v) is 5.75. The van der Waals surface area contributed by atoms with Gasteiger partial charge in [0.1, 0.15) is 18.1 Å². The largest absolute Gasteiger partial charge is 0.492 e. The highest BCUT2D eigenvalue weighted by Gasteiger charge is 2.15. The van der Waals surface area contributed by atoms with E-state index in [1.54, 1.807) is 31.2 Å². The molecule has 1 atom stereocenters. The minimum absolute atomic E-state index is 0.166. The van der Waals surface area contributed by atoms with E-state index in [1.165, 1.54) is 0 Å². The van der Waals surface area contributed by atoms with Crippen LogP contribution in [0.15, 0.2) is 48.5 Å². The lowest BCUT2D eigenvalue weighted by molar-refractivity contribution is -0.127. The van der Waals surface area contributed by atoms with E-state index in [9.17, 15) is 4.79 Å². The molecular formula is C19H22ClNO3. The fourth-order valence-corrected chi connectivity index (χ4v) is 2.30. The van der Waals surface area contributed by atoms with Gasteiger partial charge in [-0.25, -0.2) is 0 Å². The van der Waals surface area contributed by atoms with E-state index in [0.717, 1.165) is 23.5 Å². The third kappa shape index (κ3) is 5.46. The Balaban J connectivity index is 1.74. The first-order chi connectivity index (χ1) is 11.6. The average molecular weight is 348 g/mol. The van der Waals surface area contributed by atoms with Crippen LogP contribution in [0.3, 0.4) is 0 Å². The molecule has 0 heterocycles. The standard InChI is InChI=1S/C19H22ClNO3/c1-3-15-6-4-5-7-18(15)24-14(2)19(22)21-12-13-23-17-10-8-16(20)9-11-17/h4-11,14H,3,12-13H2,1-2H3,(H,21,22).